The van der Waals surface area contributed by atoms with E-state index in [0.29, 0.717) is 12.8 Å². The second kappa shape index (κ2) is 60.6. The van der Waals surface area contributed by atoms with Crippen LogP contribution in [0.25, 0.3) is 0 Å². The lowest BCUT2D eigenvalue weighted by molar-refractivity contribution is -0.359. The van der Waals surface area contributed by atoms with Crippen molar-refractivity contribution in [3.63, 3.8) is 0 Å². The van der Waals surface area contributed by atoms with Crippen LogP contribution in [0.4, 0.5) is 0 Å². The van der Waals surface area contributed by atoms with E-state index >= 15 is 0 Å². The van der Waals surface area contributed by atoms with Crippen molar-refractivity contribution in [2.45, 2.75) is 364 Å². The number of unbranched alkanes of at least 4 members (excludes halogenated alkanes) is 31. The summed E-state index contributed by atoms with van der Waals surface area (Å²) >= 11 is 0. The van der Waals surface area contributed by atoms with Gasteiger partial charge in [0.1, 0.15) is 48.8 Å². The fraction of sp³-hybridized carbons (Fsp3) is 0.779. The summed E-state index contributed by atoms with van der Waals surface area (Å²) in [6.07, 6.45) is 68.4. The van der Waals surface area contributed by atoms with Crippen LogP contribution in [0.15, 0.2) is 97.2 Å². The van der Waals surface area contributed by atoms with Crippen LogP contribution in [-0.2, 0) is 23.7 Å². The van der Waals surface area contributed by atoms with Crippen LogP contribution in [0.1, 0.15) is 290 Å². The number of hydrogen-bond donors (Lipinski definition) is 9. The number of rotatable bonds is 60. The van der Waals surface area contributed by atoms with Gasteiger partial charge in [-0.05, 0) is 77.0 Å². The molecule has 526 valence electrons. The Balaban J connectivity index is 1.67. The lowest BCUT2D eigenvalue weighted by Gasteiger charge is -2.46. The monoisotopic (exact) mass is 1280 g/mol. The minimum Gasteiger partial charge on any atom is -0.394 e. The number of hydrogen-bond acceptors (Lipinski definition) is 13. The van der Waals surface area contributed by atoms with Crippen molar-refractivity contribution in [2.24, 2.45) is 0 Å². The molecular weight excluding hydrogens is 1150 g/mol. The fourth-order valence-corrected chi connectivity index (χ4v) is 11.7. The van der Waals surface area contributed by atoms with E-state index in [1.54, 1.807) is 0 Å². The van der Waals surface area contributed by atoms with Gasteiger partial charge in [0.25, 0.3) is 0 Å². The van der Waals surface area contributed by atoms with Crippen LogP contribution in [0.3, 0.4) is 0 Å². The van der Waals surface area contributed by atoms with E-state index in [2.05, 4.69) is 116 Å². The first-order valence-electron chi connectivity index (χ1n) is 37.0. The van der Waals surface area contributed by atoms with E-state index in [1.165, 1.54) is 141 Å². The van der Waals surface area contributed by atoms with Gasteiger partial charge in [-0.25, -0.2) is 0 Å². The third-order valence-electron chi connectivity index (χ3n) is 17.6. The van der Waals surface area contributed by atoms with Crippen LogP contribution in [-0.4, -0.2) is 140 Å². The molecule has 2 aliphatic rings. The topological polar surface area (TPSA) is 228 Å². The molecular formula is C77H135NO13. The number of aliphatic hydroxyl groups excluding tert-OH is 8. The quantitative estimate of drug-likeness (QED) is 0.0204. The van der Waals surface area contributed by atoms with Crippen LogP contribution >= 0.6 is 0 Å². The predicted octanol–water partition coefficient (Wildman–Crippen LogP) is 15.7. The molecule has 0 bridgehead atoms. The molecule has 12 atom stereocenters. The maximum atomic E-state index is 13.4. The van der Waals surface area contributed by atoms with Crippen molar-refractivity contribution in [1.29, 1.82) is 0 Å². The molecule has 2 aliphatic heterocycles. The first kappa shape index (κ1) is 84.0. The zero-order chi connectivity index (χ0) is 65.9. The normalized spacial score (nSPS) is 23.4. The van der Waals surface area contributed by atoms with E-state index in [4.69, 9.17) is 18.9 Å². The lowest BCUT2D eigenvalue weighted by Crippen LogP contribution is -2.65. The number of nitrogens with one attached hydrogen (secondary N) is 1. The van der Waals surface area contributed by atoms with Gasteiger partial charge >= 0.3 is 0 Å². The number of aliphatic hydroxyl groups is 8. The van der Waals surface area contributed by atoms with Crippen molar-refractivity contribution in [3.05, 3.63) is 97.2 Å². The minimum atomic E-state index is -1.79. The zero-order valence-electron chi connectivity index (χ0n) is 57.3. The Hall–Kier alpha value is -3.09. The van der Waals surface area contributed by atoms with Gasteiger partial charge in [-0.3, -0.25) is 4.79 Å². The summed E-state index contributed by atoms with van der Waals surface area (Å²) in [5.74, 6) is -0.222. The Morgan fingerprint density at radius 1 is 0.407 bits per heavy atom. The highest BCUT2D eigenvalue weighted by molar-refractivity contribution is 5.76. The standard InChI is InChI=1S/C77H135NO13/c1-3-5-7-9-11-13-15-17-19-21-23-25-27-29-31-32-33-34-35-37-39-41-43-45-47-49-51-53-55-57-59-61-69(82)78-65(64-88-76-74(87)72(85)75(68(63-80)90-76)91-77-73(86)71(84)70(83)67(62-79)89-77)66(81)60-58-56-54-52-50-48-46-44-42-40-38-36-30-28-26-24-22-20-18-16-14-12-10-8-6-4-2/h5,7,11,13,17,19,23,25,29,31,33-34,37,39,43,45,65-68,70-77,79-81,83-87H,3-4,6,8-10,12,14-16,18,20-22,24,26-28,30,32,35-36,38,40-42,44,46-64H2,1-2H3,(H,78,82)/b7-5-,13-11-,19-17-,25-23-,31-29-,34-33-,39-37-,45-43-. The summed E-state index contributed by atoms with van der Waals surface area (Å²) < 4.78 is 22.9. The van der Waals surface area contributed by atoms with Gasteiger partial charge in [-0.15, -0.1) is 0 Å². The molecule has 0 spiro atoms. The van der Waals surface area contributed by atoms with E-state index in [1.807, 2.05) is 0 Å². The van der Waals surface area contributed by atoms with Crippen molar-refractivity contribution in [1.82, 2.24) is 5.32 Å². The SMILES string of the molecule is CC/C=C\C/C=C\C/C=C\C/C=C\C/C=C\C/C=C\C/C=C\C/C=C\CCCCCCCCC(=O)NC(COC1OC(CO)C(OC2OC(CO)C(O)C(O)C2O)C(O)C1O)C(O)CCCCCCCCCCCCCCCCCCCCCCCCCCCC. The molecule has 2 saturated heterocycles. The van der Waals surface area contributed by atoms with Gasteiger partial charge in [0.2, 0.25) is 5.91 Å². The third-order valence-corrected chi connectivity index (χ3v) is 17.6. The Bertz CT molecular complexity index is 1900. The summed E-state index contributed by atoms with van der Waals surface area (Å²) in [6.45, 7) is 2.77. The zero-order valence-corrected chi connectivity index (χ0v) is 57.3. The van der Waals surface area contributed by atoms with Crippen LogP contribution in [0.2, 0.25) is 0 Å². The maximum absolute atomic E-state index is 13.4. The van der Waals surface area contributed by atoms with Crippen LogP contribution < -0.4 is 5.32 Å². The smallest absolute Gasteiger partial charge is 0.220 e. The largest absolute Gasteiger partial charge is 0.394 e. The van der Waals surface area contributed by atoms with E-state index < -0.39 is 86.8 Å². The number of carbonyl (C=O) groups excluding carboxylic acids is 1. The molecule has 91 heavy (non-hydrogen) atoms. The number of ether oxygens (including phenoxy) is 4. The lowest BCUT2D eigenvalue weighted by atomic mass is 9.97. The summed E-state index contributed by atoms with van der Waals surface area (Å²) in [7, 11) is 0. The highest BCUT2D eigenvalue weighted by Gasteiger charge is 2.51. The Kier molecular flexibility index (Phi) is 55.9. The minimum absolute atomic E-state index is 0.222. The van der Waals surface area contributed by atoms with Gasteiger partial charge in [0.15, 0.2) is 12.6 Å². The molecule has 12 unspecified atom stereocenters. The molecule has 2 fully saturated rings. The highest BCUT2D eigenvalue weighted by atomic mass is 16.7. The summed E-state index contributed by atoms with van der Waals surface area (Å²) in [5.41, 5.74) is 0. The highest BCUT2D eigenvalue weighted by Crippen LogP contribution is 2.30. The number of allylic oxidation sites excluding steroid dienone is 16. The molecule has 0 aliphatic carbocycles. The molecule has 0 aromatic carbocycles. The van der Waals surface area contributed by atoms with Crippen molar-refractivity contribution >= 4 is 5.91 Å². The maximum Gasteiger partial charge on any atom is 0.220 e. The second-order valence-corrected chi connectivity index (χ2v) is 25.7. The van der Waals surface area contributed by atoms with Gasteiger partial charge in [0.05, 0.1) is 32.0 Å². The van der Waals surface area contributed by atoms with Crippen LogP contribution in [0, 0.1) is 0 Å². The summed E-state index contributed by atoms with van der Waals surface area (Å²) in [4.78, 5) is 13.4. The molecule has 14 heteroatoms. The predicted molar refractivity (Wildman–Crippen MR) is 373 cm³/mol. The Labute approximate surface area is 553 Å². The average Bonchev–Trinajstić information content (AvgIpc) is 1.25. The summed E-state index contributed by atoms with van der Waals surface area (Å²) in [6, 6.07) is -0.846. The van der Waals surface area contributed by atoms with Gasteiger partial charge in [-0.2, -0.15) is 0 Å². The first-order chi connectivity index (χ1) is 44.6. The van der Waals surface area contributed by atoms with E-state index in [9.17, 15) is 45.6 Å². The van der Waals surface area contributed by atoms with Crippen molar-refractivity contribution in [2.75, 3.05) is 19.8 Å². The molecule has 0 aromatic rings. The number of carbonyl (C=O) groups is 1. The fourth-order valence-electron chi connectivity index (χ4n) is 11.7. The molecule has 1 amide bonds. The van der Waals surface area contributed by atoms with E-state index in [0.717, 1.165) is 116 Å². The molecule has 9 N–H and O–H groups in total. The van der Waals surface area contributed by atoms with Crippen molar-refractivity contribution < 1.29 is 64.6 Å². The van der Waals surface area contributed by atoms with Gasteiger partial charge in [-0.1, -0.05) is 304 Å². The molecule has 2 rings (SSSR count). The van der Waals surface area contributed by atoms with Crippen LogP contribution in [0.5, 0.6) is 0 Å². The average molecular weight is 1280 g/mol. The molecule has 2 heterocycles. The third kappa shape index (κ3) is 44.3. The molecule has 0 saturated carbocycles. The number of amides is 1. The Morgan fingerprint density at radius 3 is 1.16 bits per heavy atom. The second-order valence-electron chi connectivity index (χ2n) is 25.7. The Morgan fingerprint density at radius 2 is 0.758 bits per heavy atom. The first-order valence-corrected chi connectivity index (χ1v) is 37.0. The summed E-state index contributed by atoms with van der Waals surface area (Å²) in [5, 5.41) is 87.7. The molecule has 14 nitrogen and oxygen atoms in total. The van der Waals surface area contributed by atoms with Gasteiger partial charge in [0, 0.05) is 6.42 Å². The van der Waals surface area contributed by atoms with Crippen molar-refractivity contribution in [3.8, 4) is 0 Å². The molecule has 0 aromatic heterocycles. The molecule has 0 radical (unpaired) electrons. The van der Waals surface area contributed by atoms with E-state index in [-0.39, 0.29) is 18.9 Å². The van der Waals surface area contributed by atoms with Gasteiger partial charge < -0.3 is 65.1 Å².